The van der Waals surface area contributed by atoms with E-state index in [1.807, 2.05) is 25.1 Å². The maximum atomic E-state index is 9.16. The Kier molecular flexibility index (Phi) is 2.82. The molecular formula is C12H18N2O. The van der Waals surface area contributed by atoms with E-state index in [4.69, 9.17) is 10.8 Å². The molecule has 0 heterocycles. The molecule has 3 heteroatoms. The van der Waals surface area contributed by atoms with Crippen LogP contribution in [-0.2, 0) is 0 Å². The molecule has 0 aliphatic heterocycles. The molecule has 0 unspecified atom stereocenters. The number of nitrogens with two attached hydrogens (primary N) is 1. The summed E-state index contributed by atoms with van der Waals surface area (Å²) in [5.41, 5.74) is 8.80. The topological polar surface area (TPSA) is 58.3 Å². The van der Waals surface area contributed by atoms with E-state index in [0.717, 1.165) is 30.8 Å². The Hall–Kier alpha value is -1.22. The molecule has 4 N–H and O–H groups in total. The van der Waals surface area contributed by atoms with E-state index in [-0.39, 0.29) is 6.10 Å². The van der Waals surface area contributed by atoms with Crippen molar-refractivity contribution in [3.05, 3.63) is 23.8 Å². The summed E-state index contributed by atoms with van der Waals surface area (Å²) >= 11 is 0. The molecule has 1 aliphatic rings. The average Bonchev–Trinajstić information content (AvgIpc) is 2.13. The highest BCUT2D eigenvalue weighted by Gasteiger charge is 2.26. The first kappa shape index (κ1) is 10.3. The smallest absolute Gasteiger partial charge is 0.0546 e. The monoisotopic (exact) mass is 206 g/mol. The Morgan fingerprint density at radius 2 is 2.20 bits per heavy atom. The van der Waals surface area contributed by atoms with Gasteiger partial charge in [0, 0.05) is 17.9 Å². The number of anilines is 2. The van der Waals surface area contributed by atoms with Crippen LogP contribution in [0.2, 0.25) is 0 Å². The van der Waals surface area contributed by atoms with Crippen molar-refractivity contribution in [1.29, 1.82) is 0 Å². The van der Waals surface area contributed by atoms with Gasteiger partial charge in [-0.05, 0) is 49.4 Å². The van der Waals surface area contributed by atoms with Crippen molar-refractivity contribution in [2.24, 2.45) is 5.92 Å². The van der Waals surface area contributed by atoms with Crippen LogP contribution in [0.1, 0.15) is 18.4 Å². The molecule has 82 valence electrons. The minimum absolute atomic E-state index is 0.0654. The molecule has 1 saturated carbocycles. The Balaban J connectivity index is 1.88. The summed E-state index contributed by atoms with van der Waals surface area (Å²) in [7, 11) is 0. The van der Waals surface area contributed by atoms with Crippen LogP contribution in [0.3, 0.4) is 0 Å². The van der Waals surface area contributed by atoms with Crippen molar-refractivity contribution in [1.82, 2.24) is 0 Å². The van der Waals surface area contributed by atoms with Crippen molar-refractivity contribution < 1.29 is 5.11 Å². The second kappa shape index (κ2) is 4.11. The highest BCUT2D eigenvalue weighted by atomic mass is 16.3. The van der Waals surface area contributed by atoms with Gasteiger partial charge in [0.1, 0.15) is 0 Å². The number of nitrogen functional groups attached to an aromatic ring is 1. The zero-order valence-corrected chi connectivity index (χ0v) is 9.03. The van der Waals surface area contributed by atoms with Crippen molar-refractivity contribution in [2.75, 3.05) is 17.6 Å². The van der Waals surface area contributed by atoms with Crippen LogP contribution < -0.4 is 11.1 Å². The molecule has 1 aromatic carbocycles. The fourth-order valence-electron chi connectivity index (χ4n) is 2.01. The largest absolute Gasteiger partial charge is 0.399 e. The molecule has 0 aromatic heterocycles. The van der Waals surface area contributed by atoms with E-state index < -0.39 is 0 Å². The van der Waals surface area contributed by atoms with Crippen molar-refractivity contribution in [3.8, 4) is 0 Å². The number of nitrogens with one attached hydrogen (secondary N) is 1. The zero-order valence-electron chi connectivity index (χ0n) is 9.03. The highest BCUT2D eigenvalue weighted by molar-refractivity contribution is 5.57. The van der Waals surface area contributed by atoms with Gasteiger partial charge in [-0.2, -0.15) is 0 Å². The molecule has 0 bridgehead atoms. The summed E-state index contributed by atoms with van der Waals surface area (Å²) in [6.07, 6.45) is 1.80. The lowest BCUT2D eigenvalue weighted by Crippen LogP contribution is -2.33. The zero-order chi connectivity index (χ0) is 10.8. The van der Waals surface area contributed by atoms with Crippen LogP contribution in [0.25, 0.3) is 0 Å². The lowest BCUT2D eigenvalue weighted by molar-refractivity contribution is 0.0487. The van der Waals surface area contributed by atoms with Crippen LogP contribution in [0.15, 0.2) is 18.2 Å². The van der Waals surface area contributed by atoms with Crippen LogP contribution >= 0.6 is 0 Å². The van der Waals surface area contributed by atoms with Crippen molar-refractivity contribution >= 4 is 11.4 Å². The van der Waals surface area contributed by atoms with Crippen LogP contribution in [-0.4, -0.2) is 17.8 Å². The number of hydrogen-bond donors (Lipinski definition) is 3. The standard InChI is InChI=1S/C12H18N2O/c1-8-4-10(13)2-3-12(8)14-7-9-5-11(15)6-9/h2-4,9,11,14-15H,5-7,13H2,1H3. The van der Waals surface area contributed by atoms with Crippen LogP contribution in [0.4, 0.5) is 11.4 Å². The third-order valence-corrected chi connectivity index (χ3v) is 3.04. The predicted molar refractivity (Wildman–Crippen MR) is 62.8 cm³/mol. The number of aliphatic hydroxyl groups is 1. The van der Waals surface area contributed by atoms with E-state index >= 15 is 0 Å². The van der Waals surface area contributed by atoms with Gasteiger partial charge in [0.15, 0.2) is 0 Å². The Morgan fingerprint density at radius 3 is 2.80 bits per heavy atom. The summed E-state index contributed by atoms with van der Waals surface area (Å²) in [5.74, 6) is 0.622. The minimum atomic E-state index is -0.0654. The first-order chi connectivity index (χ1) is 7.15. The third-order valence-electron chi connectivity index (χ3n) is 3.04. The number of aliphatic hydroxyl groups excluding tert-OH is 1. The molecular weight excluding hydrogens is 188 g/mol. The van der Waals surface area contributed by atoms with E-state index in [9.17, 15) is 0 Å². The second-order valence-corrected chi connectivity index (χ2v) is 4.45. The number of benzene rings is 1. The summed E-state index contributed by atoms with van der Waals surface area (Å²) < 4.78 is 0. The number of aryl methyl sites for hydroxylation is 1. The van der Waals surface area contributed by atoms with Crippen LogP contribution in [0, 0.1) is 12.8 Å². The minimum Gasteiger partial charge on any atom is -0.399 e. The Morgan fingerprint density at radius 1 is 1.47 bits per heavy atom. The predicted octanol–water partition coefficient (Wildman–Crippen LogP) is 1.76. The molecule has 0 saturated heterocycles. The van der Waals surface area contributed by atoms with Gasteiger partial charge in [-0.3, -0.25) is 0 Å². The van der Waals surface area contributed by atoms with Gasteiger partial charge in [0.2, 0.25) is 0 Å². The van der Waals surface area contributed by atoms with Crippen LogP contribution in [0.5, 0.6) is 0 Å². The van der Waals surface area contributed by atoms with E-state index in [0.29, 0.717) is 5.92 Å². The van der Waals surface area contributed by atoms with E-state index in [2.05, 4.69) is 5.32 Å². The normalized spacial score (nSPS) is 24.7. The molecule has 3 nitrogen and oxygen atoms in total. The van der Waals surface area contributed by atoms with E-state index in [1.54, 1.807) is 0 Å². The molecule has 0 radical (unpaired) electrons. The second-order valence-electron chi connectivity index (χ2n) is 4.45. The van der Waals surface area contributed by atoms with Gasteiger partial charge >= 0.3 is 0 Å². The van der Waals surface area contributed by atoms with Gasteiger partial charge < -0.3 is 16.2 Å². The fraction of sp³-hybridized carbons (Fsp3) is 0.500. The van der Waals surface area contributed by atoms with Gasteiger partial charge in [-0.1, -0.05) is 0 Å². The lowest BCUT2D eigenvalue weighted by atomic mass is 9.82. The van der Waals surface area contributed by atoms with Gasteiger partial charge in [0.25, 0.3) is 0 Å². The highest BCUT2D eigenvalue weighted by Crippen LogP contribution is 2.28. The molecule has 15 heavy (non-hydrogen) atoms. The van der Waals surface area contributed by atoms with E-state index in [1.165, 1.54) is 5.56 Å². The number of hydrogen-bond acceptors (Lipinski definition) is 3. The molecule has 1 aliphatic carbocycles. The van der Waals surface area contributed by atoms with Gasteiger partial charge in [0.05, 0.1) is 6.10 Å². The van der Waals surface area contributed by atoms with Crippen molar-refractivity contribution in [3.63, 3.8) is 0 Å². The van der Waals surface area contributed by atoms with Gasteiger partial charge in [-0.25, -0.2) is 0 Å². The summed E-state index contributed by atoms with van der Waals surface area (Å²) in [5, 5.41) is 12.6. The molecule has 2 rings (SSSR count). The summed E-state index contributed by atoms with van der Waals surface area (Å²) in [4.78, 5) is 0. The molecule has 1 aromatic rings. The molecule has 0 atom stereocenters. The fourth-order valence-corrected chi connectivity index (χ4v) is 2.01. The quantitative estimate of drug-likeness (QED) is 0.660. The average molecular weight is 206 g/mol. The third kappa shape index (κ3) is 2.42. The van der Waals surface area contributed by atoms with Crippen molar-refractivity contribution in [2.45, 2.75) is 25.9 Å². The lowest BCUT2D eigenvalue weighted by Gasteiger charge is -2.31. The first-order valence-electron chi connectivity index (χ1n) is 5.43. The maximum Gasteiger partial charge on any atom is 0.0546 e. The Labute approximate surface area is 90.3 Å². The molecule has 0 spiro atoms. The molecule has 1 fully saturated rings. The summed E-state index contributed by atoms with van der Waals surface area (Å²) in [6, 6.07) is 5.89. The maximum absolute atomic E-state index is 9.16. The number of rotatable bonds is 3. The molecule has 0 amide bonds. The first-order valence-corrected chi connectivity index (χ1v) is 5.43. The van der Waals surface area contributed by atoms with Gasteiger partial charge in [-0.15, -0.1) is 0 Å². The summed E-state index contributed by atoms with van der Waals surface area (Å²) in [6.45, 7) is 3.00. The Bertz CT molecular complexity index is 345. The SMILES string of the molecule is Cc1cc(N)ccc1NCC1CC(O)C1.